The van der Waals surface area contributed by atoms with Crippen molar-refractivity contribution in [2.24, 2.45) is 5.92 Å². The maximum Gasteiger partial charge on any atom is 0.0596 e. The minimum Gasteiger partial charge on any atom is -0.383 e. The van der Waals surface area contributed by atoms with Gasteiger partial charge in [0.25, 0.3) is 0 Å². The molecule has 1 fully saturated rings. The van der Waals surface area contributed by atoms with Crippen molar-refractivity contribution in [2.75, 3.05) is 42.4 Å². The van der Waals surface area contributed by atoms with Gasteiger partial charge in [0.15, 0.2) is 0 Å². The lowest BCUT2D eigenvalue weighted by Crippen LogP contribution is -2.16. The molecule has 1 aliphatic rings. The lowest BCUT2D eigenvalue weighted by atomic mass is 10.1. The maximum absolute atomic E-state index is 3.58. The van der Waals surface area contributed by atoms with Gasteiger partial charge in [-0.25, -0.2) is 0 Å². The van der Waals surface area contributed by atoms with E-state index in [2.05, 4.69) is 60.3 Å². The number of hydrogen-bond donors (Lipinski definition) is 1. The normalized spacial score (nSPS) is 19.8. The van der Waals surface area contributed by atoms with E-state index in [1.54, 1.807) is 0 Å². The molecule has 2 nitrogen and oxygen atoms in total. The van der Waals surface area contributed by atoms with Gasteiger partial charge in [0.2, 0.25) is 0 Å². The van der Waals surface area contributed by atoms with Crippen molar-refractivity contribution in [3.8, 4) is 0 Å². The van der Waals surface area contributed by atoms with E-state index in [1.807, 2.05) is 0 Å². The Morgan fingerprint density at radius 3 is 2.88 bits per heavy atom. The third-order valence-electron chi connectivity index (χ3n) is 2.99. The Labute approximate surface area is 102 Å². The number of benzene rings is 1. The molecule has 16 heavy (non-hydrogen) atoms. The summed E-state index contributed by atoms with van der Waals surface area (Å²) >= 11 is 2.08. The molecule has 1 heterocycles. The molecule has 1 atom stereocenters. The van der Waals surface area contributed by atoms with Crippen LogP contribution >= 0.6 is 11.8 Å². The summed E-state index contributed by atoms with van der Waals surface area (Å²) in [6.45, 7) is 1.11. The molecule has 0 aliphatic carbocycles. The second kappa shape index (κ2) is 5.48. The minimum absolute atomic E-state index is 0.847. The lowest BCUT2D eigenvalue weighted by Gasteiger charge is -2.19. The minimum atomic E-state index is 0.847. The first-order valence-corrected chi connectivity index (χ1v) is 7.01. The van der Waals surface area contributed by atoms with E-state index in [0.29, 0.717) is 0 Å². The Morgan fingerprint density at radius 2 is 2.19 bits per heavy atom. The van der Waals surface area contributed by atoms with Gasteiger partial charge in [0.05, 0.1) is 11.4 Å². The Hall–Kier alpha value is -0.830. The number of rotatable bonds is 4. The summed E-state index contributed by atoms with van der Waals surface area (Å²) in [6.07, 6.45) is 1.36. The van der Waals surface area contributed by atoms with Gasteiger partial charge in [0.1, 0.15) is 0 Å². The summed E-state index contributed by atoms with van der Waals surface area (Å²) in [5.41, 5.74) is 2.53. The van der Waals surface area contributed by atoms with Crippen molar-refractivity contribution in [3.05, 3.63) is 24.3 Å². The summed E-state index contributed by atoms with van der Waals surface area (Å²) in [5, 5.41) is 3.58. The van der Waals surface area contributed by atoms with Crippen LogP contribution in [-0.4, -0.2) is 32.1 Å². The van der Waals surface area contributed by atoms with Crippen LogP contribution in [0, 0.1) is 5.92 Å². The van der Waals surface area contributed by atoms with Gasteiger partial charge in [-0.1, -0.05) is 12.1 Å². The van der Waals surface area contributed by atoms with Gasteiger partial charge in [-0.05, 0) is 36.0 Å². The van der Waals surface area contributed by atoms with Gasteiger partial charge in [-0.2, -0.15) is 11.8 Å². The molecule has 0 saturated carbocycles. The largest absolute Gasteiger partial charge is 0.383 e. The Bertz CT molecular complexity index is 332. The molecule has 0 spiro atoms. The molecule has 1 unspecified atom stereocenters. The zero-order chi connectivity index (χ0) is 11.4. The van der Waals surface area contributed by atoms with Crippen molar-refractivity contribution < 1.29 is 0 Å². The molecule has 1 aliphatic heterocycles. The van der Waals surface area contributed by atoms with Crippen molar-refractivity contribution in [1.29, 1.82) is 0 Å². The summed E-state index contributed by atoms with van der Waals surface area (Å²) in [5.74, 6) is 3.50. The first kappa shape index (κ1) is 11.6. The number of hydrogen-bond acceptors (Lipinski definition) is 3. The van der Waals surface area contributed by atoms with Crippen LogP contribution in [0.15, 0.2) is 24.3 Å². The fourth-order valence-corrected chi connectivity index (χ4v) is 3.30. The van der Waals surface area contributed by atoms with Crippen molar-refractivity contribution >= 4 is 23.1 Å². The van der Waals surface area contributed by atoms with Crippen LogP contribution in [-0.2, 0) is 0 Å². The molecule has 88 valence electrons. The predicted octanol–water partition coefficient (Wildman–Crippen LogP) is 2.92. The molecule has 1 N–H and O–H groups in total. The molecule has 0 radical (unpaired) electrons. The smallest absolute Gasteiger partial charge is 0.0596 e. The molecular formula is C13H20N2S. The Balaban J connectivity index is 1.97. The molecule has 1 aromatic rings. The van der Waals surface area contributed by atoms with Crippen LogP contribution in [0.4, 0.5) is 11.4 Å². The van der Waals surface area contributed by atoms with Gasteiger partial charge < -0.3 is 10.2 Å². The van der Waals surface area contributed by atoms with Crippen LogP contribution in [0.2, 0.25) is 0 Å². The van der Waals surface area contributed by atoms with Crippen LogP contribution in [0.5, 0.6) is 0 Å². The second-order valence-electron chi connectivity index (χ2n) is 4.52. The maximum atomic E-state index is 3.58. The highest BCUT2D eigenvalue weighted by Gasteiger charge is 2.15. The van der Waals surface area contributed by atoms with E-state index in [9.17, 15) is 0 Å². The van der Waals surface area contributed by atoms with E-state index < -0.39 is 0 Å². The fourth-order valence-electron chi connectivity index (χ4n) is 2.01. The van der Waals surface area contributed by atoms with Gasteiger partial charge in [0, 0.05) is 20.6 Å². The average Bonchev–Trinajstić information content (AvgIpc) is 2.79. The highest BCUT2D eigenvalue weighted by molar-refractivity contribution is 7.99. The van der Waals surface area contributed by atoms with Gasteiger partial charge >= 0.3 is 0 Å². The molecule has 2 rings (SSSR count). The standard InChI is InChI=1S/C13H20N2S/c1-15(2)13-6-4-3-5-12(13)14-9-11-7-8-16-10-11/h3-6,11,14H,7-10H2,1-2H3. The first-order valence-electron chi connectivity index (χ1n) is 5.85. The van der Waals surface area contributed by atoms with E-state index in [1.165, 1.54) is 29.3 Å². The molecular weight excluding hydrogens is 216 g/mol. The highest BCUT2D eigenvalue weighted by Crippen LogP contribution is 2.27. The molecule has 1 saturated heterocycles. The van der Waals surface area contributed by atoms with Gasteiger partial charge in [-0.3, -0.25) is 0 Å². The molecule has 0 bridgehead atoms. The van der Waals surface area contributed by atoms with E-state index in [4.69, 9.17) is 0 Å². The Kier molecular flexibility index (Phi) is 3.99. The van der Waals surface area contributed by atoms with E-state index >= 15 is 0 Å². The topological polar surface area (TPSA) is 15.3 Å². The molecule has 1 aromatic carbocycles. The number of thioether (sulfide) groups is 1. The average molecular weight is 236 g/mol. The second-order valence-corrected chi connectivity index (χ2v) is 5.67. The van der Waals surface area contributed by atoms with Crippen LogP contribution in [0.3, 0.4) is 0 Å². The summed E-state index contributed by atoms with van der Waals surface area (Å²) in [6, 6.07) is 8.51. The third-order valence-corrected chi connectivity index (χ3v) is 4.22. The molecule has 0 aromatic heterocycles. The monoisotopic (exact) mass is 236 g/mol. The number of anilines is 2. The number of nitrogens with zero attached hydrogens (tertiary/aromatic N) is 1. The first-order chi connectivity index (χ1) is 7.77. The molecule has 0 amide bonds. The van der Waals surface area contributed by atoms with E-state index in [-0.39, 0.29) is 0 Å². The van der Waals surface area contributed by atoms with Crippen molar-refractivity contribution in [2.45, 2.75) is 6.42 Å². The SMILES string of the molecule is CN(C)c1ccccc1NCC1CCSC1. The van der Waals surface area contributed by atoms with Crippen molar-refractivity contribution in [1.82, 2.24) is 0 Å². The van der Waals surface area contributed by atoms with Crippen LogP contribution < -0.4 is 10.2 Å². The third kappa shape index (κ3) is 2.85. The Morgan fingerprint density at radius 1 is 1.38 bits per heavy atom. The predicted molar refractivity (Wildman–Crippen MR) is 74.7 cm³/mol. The molecule has 3 heteroatoms. The quantitative estimate of drug-likeness (QED) is 0.865. The number of nitrogens with one attached hydrogen (secondary N) is 1. The van der Waals surface area contributed by atoms with Crippen LogP contribution in [0.1, 0.15) is 6.42 Å². The number of para-hydroxylation sites is 2. The fraction of sp³-hybridized carbons (Fsp3) is 0.538. The highest BCUT2D eigenvalue weighted by atomic mass is 32.2. The zero-order valence-corrected chi connectivity index (χ0v) is 10.9. The summed E-state index contributed by atoms with van der Waals surface area (Å²) < 4.78 is 0. The van der Waals surface area contributed by atoms with E-state index in [0.717, 1.165) is 12.5 Å². The summed E-state index contributed by atoms with van der Waals surface area (Å²) in [4.78, 5) is 2.16. The summed E-state index contributed by atoms with van der Waals surface area (Å²) in [7, 11) is 4.18. The van der Waals surface area contributed by atoms with Crippen LogP contribution in [0.25, 0.3) is 0 Å². The van der Waals surface area contributed by atoms with Gasteiger partial charge in [-0.15, -0.1) is 0 Å². The lowest BCUT2D eigenvalue weighted by molar-refractivity contribution is 0.632. The zero-order valence-electron chi connectivity index (χ0n) is 10.1. The van der Waals surface area contributed by atoms with Crippen molar-refractivity contribution in [3.63, 3.8) is 0 Å².